The van der Waals surface area contributed by atoms with Gasteiger partial charge in [0.05, 0.1) is 19.3 Å². The van der Waals surface area contributed by atoms with Crippen molar-refractivity contribution < 1.29 is 22.3 Å². The Morgan fingerprint density at radius 1 is 1.22 bits per heavy atom. The number of aromatic nitrogens is 2. The molecule has 1 atom stereocenters. The number of hydrazine groups is 1. The number of aliphatic imine (C=N–C) groups is 1. The number of halogens is 4. The molecule has 4 rings (SSSR count). The van der Waals surface area contributed by atoms with Crippen molar-refractivity contribution in [1.82, 2.24) is 19.8 Å². The predicted molar refractivity (Wildman–Crippen MR) is 110 cm³/mol. The van der Waals surface area contributed by atoms with E-state index in [2.05, 4.69) is 20.1 Å². The molecule has 0 bridgehead atoms. The SMILES string of the molecule is COC(=NC(=N)c1cnc2ccc(C3=CN(C)NC3c3c(F)cccc3F)cn12)C(F)F. The highest BCUT2D eigenvalue weighted by Gasteiger charge is 2.30. The van der Waals surface area contributed by atoms with E-state index in [1.807, 2.05) is 0 Å². The first kappa shape index (κ1) is 21.5. The molecule has 0 spiro atoms. The number of ether oxygens (including phenoxy) is 1. The summed E-state index contributed by atoms with van der Waals surface area (Å²) in [6, 6.07) is 6.22. The van der Waals surface area contributed by atoms with E-state index in [9.17, 15) is 17.6 Å². The Labute approximate surface area is 180 Å². The minimum Gasteiger partial charge on any atom is -0.480 e. The Balaban J connectivity index is 1.78. The molecule has 11 heteroatoms. The van der Waals surface area contributed by atoms with Crippen LogP contribution in [0.2, 0.25) is 0 Å². The summed E-state index contributed by atoms with van der Waals surface area (Å²) in [4.78, 5) is 7.71. The van der Waals surface area contributed by atoms with Crippen LogP contribution in [0.1, 0.15) is 22.9 Å². The van der Waals surface area contributed by atoms with Gasteiger partial charge in [-0.2, -0.15) is 13.8 Å². The zero-order valence-corrected chi connectivity index (χ0v) is 17.0. The molecule has 0 saturated carbocycles. The topological polar surface area (TPSA) is 78.0 Å². The lowest BCUT2D eigenvalue weighted by molar-refractivity contribution is 0.185. The molecule has 1 aliphatic rings. The van der Waals surface area contributed by atoms with Crippen LogP contribution in [0.5, 0.6) is 0 Å². The second-order valence-electron chi connectivity index (χ2n) is 6.99. The average molecular weight is 446 g/mol. The van der Waals surface area contributed by atoms with E-state index in [1.165, 1.54) is 28.8 Å². The monoisotopic (exact) mass is 446 g/mol. The van der Waals surface area contributed by atoms with Crippen LogP contribution in [0.15, 0.2) is 53.9 Å². The molecule has 3 heterocycles. The van der Waals surface area contributed by atoms with Crippen molar-refractivity contribution in [1.29, 1.82) is 5.41 Å². The number of pyridine rings is 1. The fraction of sp³-hybridized carbons (Fsp3) is 0.190. The van der Waals surface area contributed by atoms with E-state index in [1.54, 1.807) is 36.6 Å². The standard InChI is InChI=1S/C21H18F4N6O/c1-30-10-12(18(29-30)17-13(22)4-3-5-14(17)23)11-6-7-16-27-8-15(31(16)9-11)20(26)28-21(32-2)19(24)25/h3-10,18-19,26,29H,1-2H3. The Morgan fingerprint density at radius 3 is 2.59 bits per heavy atom. The summed E-state index contributed by atoms with van der Waals surface area (Å²) >= 11 is 0. The van der Waals surface area contributed by atoms with Crippen molar-refractivity contribution in [2.45, 2.75) is 12.5 Å². The number of rotatable bonds is 4. The molecule has 7 nitrogen and oxygen atoms in total. The minimum atomic E-state index is -2.98. The van der Waals surface area contributed by atoms with Crippen LogP contribution < -0.4 is 5.43 Å². The predicted octanol–water partition coefficient (Wildman–Crippen LogP) is 3.78. The van der Waals surface area contributed by atoms with Gasteiger partial charge in [0.25, 0.3) is 5.90 Å². The second-order valence-corrected chi connectivity index (χ2v) is 6.99. The fourth-order valence-electron chi connectivity index (χ4n) is 3.52. The third-order valence-corrected chi connectivity index (χ3v) is 4.96. The van der Waals surface area contributed by atoms with Crippen molar-refractivity contribution in [2.75, 3.05) is 14.2 Å². The Kier molecular flexibility index (Phi) is 5.66. The zero-order chi connectivity index (χ0) is 23.0. The van der Waals surface area contributed by atoms with Crippen LogP contribution in [0.25, 0.3) is 11.2 Å². The highest BCUT2D eigenvalue weighted by molar-refractivity contribution is 6.03. The van der Waals surface area contributed by atoms with Crippen LogP contribution in [-0.2, 0) is 4.74 Å². The Morgan fingerprint density at radius 2 is 1.94 bits per heavy atom. The second kappa shape index (κ2) is 8.42. The summed E-state index contributed by atoms with van der Waals surface area (Å²) in [5.41, 5.74) is 4.60. The number of benzene rings is 1. The van der Waals surface area contributed by atoms with Crippen LogP contribution in [0, 0.1) is 17.0 Å². The maximum Gasteiger partial charge on any atom is 0.312 e. The first-order valence-electron chi connectivity index (χ1n) is 9.42. The fourth-order valence-corrected chi connectivity index (χ4v) is 3.52. The van der Waals surface area contributed by atoms with Crippen LogP contribution in [0.3, 0.4) is 0 Å². The molecular formula is C21H18F4N6O. The first-order valence-corrected chi connectivity index (χ1v) is 9.42. The van der Waals surface area contributed by atoms with Crippen molar-refractivity contribution in [3.05, 3.63) is 77.4 Å². The van der Waals surface area contributed by atoms with Gasteiger partial charge in [0, 0.05) is 30.6 Å². The van der Waals surface area contributed by atoms with Gasteiger partial charge in [-0.05, 0) is 29.8 Å². The smallest absolute Gasteiger partial charge is 0.312 e. The lowest BCUT2D eigenvalue weighted by Gasteiger charge is -2.19. The quantitative estimate of drug-likeness (QED) is 0.363. The third-order valence-electron chi connectivity index (χ3n) is 4.96. The normalized spacial score (nSPS) is 16.7. The Hall–Kier alpha value is -3.73. The molecule has 2 N–H and O–H groups in total. The van der Waals surface area contributed by atoms with Crippen LogP contribution >= 0.6 is 0 Å². The number of amidine groups is 1. The highest BCUT2D eigenvalue weighted by atomic mass is 19.3. The molecule has 0 fully saturated rings. The molecule has 32 heavy (non-hydrogen) atoms. The van der Waals surface area contributed by atoms with E-state index in [4.69, 9.17) is 5.41 Å². The summed E-state index contributed by atoms with van der Waals surface area (Å²) in [5.74, 6) is -2.74. The molecule has 1 unspecified atom stereocenters. The molecule has 166 valence electrons. The lowest BCUT2D eigenvalue weighted by Crippen LogP contribution is -2.28. The van der Waals surface area contributed by atoms with Gasteiger partial charge in [0.1, 0.15) is 23.0 Å². The number of alkyl halides is 2. The summed E-state index contributed by atoms with van der Waals surface area (Å²) in [7, 11) is 2.74. The minimum absolute atomic E-state index is 0.131. The van der Waals surface area contributed by atoms with Crippen LogP contribution in [0.4, 0.5) is 17.6 Å². The zero-order valence-electron chi connectivity index (χ0n) is 17.0. The van der Waals surface area contributed by atoms with Crippen molar-refractivity contribution >= 4 is 23.0 Å². The van der Waals surface area contributed by atoms with Gasteiger partial charge in [0.2, 0.25) is 0 Å². The van der Waals surface area contributed by atoms with Crippen molar-refractivity contribution in [2.24, 2.45) is 4.99 Å². The van der Waals surface area contributed by atoms with Crippen molar-refractivity contribution in [3.8, 4) is 0 Å². The molecule has 1 aliphatic heterocycles. The maximum absolute atomic E-state index is 14.5. The van der Waals surface area contributed by atoms with E-state index in [-0.39, 0.29) is 11.3 Å². The van der Waals surface area contributed by atoms with Gasteiger partial charge >= 0.3 is 6.43 Å². The Bertz CT molecular complexity index is 1230. The summed E-state index contributed by atoms with van der Waals surface area (Å²) in [5, 5.41) is 9.69. The maximum atomic E-state index is 14.5. The van der Waals surface area contributed by atoms with E-state index >= 15 is 0 Å². The lowest BCUT2D eigenvalue weighted by atomic mass is 9.95. The number of imidazole rings is 1. The van der Waals surface area contributed by atoms with Gasteiger partial charge in [-0.1, -0.05) is 6.07 Å². The highest BCUT2D eigenvalue weighted by Crippen LogP contribution is 2.36. The summed E-state index contributed by atoms with van der Waals surface area (Å²) < 4.78 is 60.8. The summed E-state index contributed by atoms with van der Waals surface area (Å²) in [6.45, 7) is 0. The largest absolute Gasteiger partial charge is 0.480 e. The molecule has 0 amide bonds. The van der Waals surface area contributed by atoms with Gasteiger partial charge in [0.15, 0.2) is 5.84 Å². The summed E-state index contributed by atoms with van der Waals surface area (Å²) in [6.07, 6.45) is 1.65. The molecule has 3 aromatic rings. The molecule has 2 aromatic heterocycles. The van der Waals surface area contributed by atoms with E-state index in [0.29, 0.717) is 16.8 Å². The van der Waals surface area contributed by atoms with Crippen LogP contribution in [-0.4, -0.2) is 46.7 Å². The molecule has 0 radical (unpaired) electrons. The molecule has 1 aromatic carbocycles. The first-order chi connectivity index (χ1) is 15.3. The van der Waals surface area contributed by atoms with Gasteiger partial charge < -0.3 is 9.75 Å². The average Bonchev–Trinajstić information content (AvgIpc) is 3.34. The molecule has 0 saturated heterocycles. The number of hydrogen-bond donors (Lipinski definition) is 2. The number of nitrogens with one attached hydrogen (secondary N) is 2. The third kappa shape index (κ3) is 3.82. The number of methoxy groups -OCH3 is 1. The van der Waals surface area contributed by atoms with Gasteiger partial charge in [-0.25, -0.2) is 19.2 Å². The number of hydrogen-bond acceptors (Lipinski definition) is 5. The number of fused-ring (bicyclic) bond motifs is 1. The van der Waals surface area contributed by atoms with Crippen molar-refractivity contribution in [3.63, 3.8) is 0 Å². The van der Waals surface area contributed by atoms with E-state index in [0.717, 1.165) is 7.11 Å². The molecular weight excluding hydrogens is 428 g/mol. The molecule has 0 aliphatic carbocycles. The van der Waals surface area contributed by atoms with E-state index < -0.39 is 35.8 Å². The van der Waals surface area contributed by atoms with Gasteiger partial charge in [-0.15, -0.1) is 0 Å². The van der Waals surface area contributed by atoms with Gasteiger partial charge in [-0.3, -0.25) is 9.81 Å². The number of nitrogens with zero attached hydrogens (tertiary/aromatic N) is 4.